The van der Waals surface area contributed by atoms with E-state index in [1.165, 1.54) is 0 Å². The van der Waals surface area contributed by atoms with Crippen molar-refractivity contribution in [1.82, 2.24) is 5.32 Å². The minimum atomic E-state index is -0.828. The maximum absolute atomic E-state index is 11.4. The smallest absolute Gasteiger partial charge is 0.239 e. The molecule has 0 spiro atoms. The molecule has 1 unspecified atom stereocenters. The molecule has 0 bridgehead atoms. The van der Waals surface area contributed by atoms with Gasteiger partial charge in [0.1, 0.15) is 5.54 Å². The Kier molecular flexibility index (Phi) is 5.12. The number of nitrogens with two attached hydrogens (primary N) is 1. The summed E-state index contributed by atoms with van der Waals surface area (Å²) < 4.78 is 5.29. The van der Waals surface area contributed by atoms with Crippen LogP contribution in [0.5, 0.6) is 0 Å². The first-order chi connectivity index (χ1) is 8.08. The van der Waals surface area contributed by atoms with Crippen LogP contribution in [0.15, 0.2) is 30.3 Å². The van der Waals surface area contributed by atoms with Gasteiger partial charge in [-0.3, -0.25) is 10.1 Å². The first kappa shape index (κ1) is 13.7. The molecule has 4 nitrogen and oxygen atoms in total. The molecule has 0 aliphatic heterocycles. The molecule has 94 valence electrons. The molecule has 1 rings (SSSR count). The third-order valence-electron chi connectivity index (χ3n) is 2.66. The second kappa shape index (κ2) is 6.37. The average molecular weight is 236 g/mol. The van der Waals surface area contributed by atoms with Crippen molar-refractivity contribution in [3.8, 4) is 0 Å². The highest BCUT2D eigenvalue weighted by molar-refractivity contribution is 5.84. The van der Waals surface area contributed by atoms with Crippen LogP contribution in [0.25, 0.3) is 0 Å². The number of nitrogens with one attached hydrogen (secondary N) is 1. The molecule has 17 heavy (non-hydrogen) atoms. The third-order valence-corrected chi connectivity index (χ3v) is 2.66. The summed E-state index contributed by atoms with van der Waals surface area (Å²) in [5, 5.41) is 3.15. The van der Waals surface area contributed by atoms with Crippen LogP contribution in [0.3, 0.4) is 0 Å². The van der Waals surface area contributed by atoms with Crippen LogP contribution in [0.4, 0.5) is 0 Å². The summed E-state index contributed by atoms with van der Waals surface area (Å²) >= 11 is 0. The van der Waals surface area contributed by atoms with E-state index in [2.05, 4.69) is 5.32 Å². The SMILES string of the molecule is CCOCC(C)(NCc1ccccc1)C(N)=O. The number of primary amides is 1. The van der Waals surface area contributed by atoms with E-state index in [1.54, 1.807) is 6.92 Å². The quantitative estimate of drug-likeness (QED) is 0.744. The highest BCUT2D eigenvalue weighted by Crippen LogP contribution is 2.07. The normalized spacial score (nSPS) is 14.2. The number of amides is 1. The Hall–Kier alpha value is -1.39. The van der Waals surface area contributed by atoms with Gasteiger partial charge in [-0.05, 0) is 19.4 Å². The molecule has 0 heterocycles. The third kappa shape index (κ3) is 4.17. The van der Waals surface area contributed by atoms with Crippen molar-refractivity contribution in [2.45, 2.75) is 25.9 Å². The number of benzene rings is 1. The standard InChI is InChI=1S/C13H20N2O2/c1-3-17-10-13(2,12(14)16)15-9-11-7-5-4-6-8-11/h4-8,15H,3,9-10H2,1-2H3,(H2,14,16). The summed E-state index contributed by atoms with van der Waals surface area (Å²) in [6.07, 6.45) is 0. The number of hydrogen-bond acceptors (Lipinski definition) is 3. The van der Waals surface area contributed by atoms with Crippen LogP contribution in [0.1, 0.15) is 19.4 Å². The van der Waals surface area contributed by atoms with Gasteiger partial charge in [-0.1, -0.05) is 30.3 Å². The van der Waals surface area contributed by atoms with Crippen LogP contribution >= 0.6 is 0 Å². The van der Waals surface area contributed by atoms with Crippen LogP contribution in [0, 0.1) is 0 Å². The van der Waals surface area contributed by atoms with E-state index in [1.807, 2.05) is 37.3 Å². The Labute approximate surface area is 102 Å². The van der Waals surface area contributed by atoms with Gasteiger partial charge in [-0.2, -0.15) is 0 Å². The van der Waals surface area contributed by atoms with Gasteiger partial charge in [0.25, 0.3) is 0 Å². The monoisotopic (exact) mass is 236 g/mol. The summed E-state index contributed by atoms with van der Waals surface area (Å²) in [5.74, 6) is -0.401. The van der Waals surface area contributed by atoms with Crippen LogP contribution in [0.2, 0.25) is 0 Å². The first-order valence-electron chi connectivity index (χ1n) is 5.75. The van der Waals surface area contributed by atoms with Crippen molar-refractivity contribution in [2.24, 2.45) is 5.73 Å². The lowest BCUT2D eigenvalue weighted by molar-refractivity contribution is -0.126. The van der Waals surface area contributed by atoms with Gasteiger partial charge < -0.3 is 10.5 Å². The summed E-state index contributed by atoms with van der Waals surface area (Å²) in [6, 6.07) is 9.86. The summed E-state index contributed by atoms with van der Waals surface area (Å²) in [6.45, 7) is 5.08. The molecule has 0 aliphatic carbocycles. The predicted octanol–water partition coefficient (Wildman–Crippen LogP) is 1.06. The molecule has 0 aliphatic rings. The number of carbonyl (C=O) groups is 1. The van der Waals surface area contributed by atoms with Gasteiger partial charge in [0, 0.05) is 13.2 Å². The van der Waals surface area contributed by atoms with E-state index >= 15 is 0 Å². The van der Waals surface area contributed by atoms with Gasteiger partial charge in [0.05, 0.1) is 6.61 Å². The zero-order valence-corrected chi connectivity index (χ0v) is 10.4. The molecule has 3 N–H and O–H groups in total. The average Bonchev–Trinajstić information content (AvgIpc) is 2.35. The van der Waals surface area contributed by atoms with E-state index in [0.717, 1.165) is 5.56 Å². The fourth-order valence-electron chi connectivity index (χ4n) is 1.41. The Morgan fingerprint density at radius 2 is 2.06 bits per heavy atom. The molecular formula is C13H20N2O2. The Morgan fingerprint density at radius 1 is 1.41 bits per heavy atom. The maximum atomic E-state index is 11.4. The van der Waals surface area contributed by atoms with Crippen molar-refractivity contribution in [1.29, 1.82) is 0 Å². The maximum Gasteiger partial charge on any atom is 0.239 e. The van der Waals surface area contributed by atoms with Crippen molar-refractivity contribution in [2.75, 3.05) is 13.2 Å². The first-order valence-corrected chi connectivity index (χ1v) is 5.75. The highest BCUT2D eigenvalue weighted by atomic mass is 16.5. The van der Waals surface area contributed by atoms with E-state index in [0.29, 0.717) is 13.2 Å². The summed E-state index contributed by atoms with van der Waals surface area (Å²) in [7, 11) is 0. The topological polar surface area (TPSA) is 64.3 Å². The molecule has 0 fully saturated rings. The molecule has 4 heteroatoms. The highest BCUT2D eigenvalue weighted by Gasteiger charge is 2.30. The fraction of sp³-hybridized carbons (Fsp3) is 0.462. The lowest BCUT2D eigenvalue weighted by atomic mass is 10.0. The van der Waals surface area contributed by atoms with Crippen LogP contribution in [-0.2, 0) is 16.1 Å². The molecule has 0 saturated carbocycles. The minimum absolute atomic E-state index is 0.283. The fourth-order valence-corrected chi connectivity index (χ4v) is 1.41. The number of carbonyl (C=O) groups excluding carboxylic acids is 1. The van der Waals surface area contributed by atoms with Gasteiger partial charge in [-0.25, -0.2) is 0 Å². The van der Waals surface area contributed by atoms with Crippen molar-refractivity contribution in [3.05, 3.63) is 35.9 Å². The van der Waals surface area contributed by atoms with Gasteiger partial charge in [0.15, 0.2) is 0 Å². The van der Waals surface area contributed by atoms with Gasteiger partial charge in [0.2, 0.25) is 5.91 Å². The van der Waals surface area contributed by atoms with Crippen LogP contribution < -0.4 is 11.1 Å². The lowest BCUT2D eigenvalue weighted by Crippen LogP contribution is -2.56. The number of hydrogen-bond donors (Lipinski definition) is 2. The van der Waals surface area contributed by atoms with Crippen LogP contribution in [-0.4, -0.2) is 24.7 Å². The predicted molar refractivity (Wildman–Crippen MR) is 67.4 cm³/mol. The minimum Gasteiger partial charge on any atom is -0.379 e. The molecular weight excluding hydrogens is 216 g/mol. The second-order valence-electron chi connectivity index (χ2n) is 4.17. The molecule has 0 aromatic heterocycles. The van der Waals surface area contributed by atoms with Crippen molar-refractivity contribution < 1.29 is 9.53 Å². The zero-order chi connectivity index (χ0) is 12.7. The molecule has 0 saturated heterocycles. The van der Waals surface area contributed by atoms with E-state index < -0.39 is 11.4 Å². The molecule has 0 radical (unpaired) electrons. The van der Waals surface area contributed by atoms with Crippen molar-refractivity contribution in [3.63, 3.8) is 0 Å². The summed E-state index contributed by atoms with van der Waals surface area (Å²) in [4.78, 5) is 11.4. The largest absolute Gasteiger partial charge is 0.379 e. The van der Waals surface area contributed by atoms with Gasteiger partial charge >= 0.3 is 0 Å². The van der Waals surface area contributed by atoms with E-state index in [9.17, 15) is 4.79 Å². The zero-order valence-electron chi connectivity index (χ0n) is 10.4. The molecule has 1 atom stereocenters. The number of ether oxygens (including phenoxy) is 1. The molecule has 1 aromatic carbocycles. The number of rotatable bonds is 7. The Bertz CT molecular complexity index is 354. The van der Waals surface area contributed by atoms with Gasteiger partial charge in [-0.15, -0.1) is 0 Å². The summed E-state index contributed by atoms with van der Waals surface area (Å²) in [5.41, 5.74) is 5.67. The van der Waals surface area contributed by atoms with E-state index in [-0.39, 0.29) is 6.61 Å². The molecule has 1 amide bonds. The Morgan fingerprint density at radius 3 is 2.59 bits per heavy atom. The molecule has 1 aromatic rings. The van der Waals surface area contributed by atoms with E-state index in [4.69, 9.17) is 10.5 Å². The lowest BCUT2D eigenvalue weighted by Gasteiger charge is -2.27. The van der Waals surface area contributed by atoms with Crippen molar-refractivity contribution >= 4 is 5.91 Å². The Balaban J connectivity index is 2.58. The second-order valence-corrected chi connectivity index (χ2v) is 4.17.